The molecule has 0 bridgehead atoms. The summed E-state index contributed by atoms with van der Waals surface area (Å²) in [6, 6.07) is 6.97. The van der Waals surface area contributed by atoms with Crippen LogP contribution in [0.15, 0.2) is 24.3 Å². The van der Waals surface area contributed by atoms with E-state index in [1.54, 1.807) is 23.1 Å². The Morgan fingerprint density at radius 2 is 2.16 bits per heavy atom. The van der Waals surface area contributed by atoms with Gasteiger partial charge in [-0.25, -0.2) is 0 Å². The summed E-state index contributed by atoms with van der Waals surface area (Å²) in [7, 11) is 0. The van der Waals surface area contributed by atoms with Crippen LogP contribution in [0.4, 0.5) is 5.69 Å². The van der Waals surface area contributed by atoms with Gasteiger partial charge in [-0.1, -0.05) is 25.1 Å². The number of nitrogens with two attached hydrogens (primary N) is 1. The number of anilines is 1. The van der Waals surface area contributed by atoms with Crippen LogP contribution in [0.1, 0.15) is 31.2 Å². The zero-order chi connectivity index (χ0) is 14.0. The molecular formula is C14H18N2O3. The second kappa shape index (κ2) is 5.40. The van der Waals surface area contributed by atoms with Crippen molar-refractivity contribution in [1.29, 1.82) is 0 Å². The van der Waals surface area contributed by atoms with E-state index in [0.717, 1.165) is 6.42 Å². The van der Waals surface area contributed by atoms with Gasteiger partial charge in [-0.3, -0.25) is 9.59 Å². The second-order valence-electron chi connectivity index (χ2n) is 4.83. The van der Waals surface area contributed by atoms with Crippen LogP contribution in [0.2, 0.25) is 0 Å². The number of benzene rings is 1. The number of hydrogen-bond acceptors (Lipinski definition) is 3. The van der Waals surface area contributed by atoms with Crippen molar-refractivity contribution >= 4 is 17.6 Å². The minimum absolute atomic E-state index is 0.106. The van der Waals surface area contributed by atoms with Gasteiger partial charge in [0.25, 0.3) is 0 Å². The highest BCUT2D eigenvalue weighted by Gasteiger charge is 2.36. The van der Waals surface area contributed by atoms with Crippen LogP contribution in [-0.4, -0.2) is 29.6 Å². The number of aliphatic carboxylic acids is 1. The van der Waals surface area contributed by atoms with Crippen LogP contribution < -0.4 is 10.6 Å². The lowest BCUT2D eigenvalue weighted by Crippen LogP contribution is -2.35. The van der Waals surface area contributed by atoms with Gasteiger partial charge in [0, 0.05) is 24.7 Å². The van der Waals surface area contributed by atoms with Crippen molar-refractivity contribution in [2.75, 3.05) is 11.4 Å². The average Bonchev–Trinajstić information content (AvgIpc) is 2.78. The van der Waals surface area contributed by atoms with E-state index in [9.17, 15) is 14.7 Å². The average molecular weight is 262 g/mol. The Hall–Kier alpha value is -1.88. The van der Waals surface area contributed by atoms with Crippen LogP contribution in [0.3, 0.4) is 0 Å². The molecule has 1 aromatic rings. The first-order valence-electron chi connectivity index (χ1n) is 6.42. The normalized spacial score (nSPS) is 19.1. The van der Waals surface area contributed by atoms with Gasteiger partial charge < -0.3 is 15.7 Å². The quantitative estimate of drug-likeness (QED) is 0.857. The van der Waals surface area contributed by atoms with Crippen LogP contribution >= 0.6 is 0 Å². The van der Waals surface area contributed by atoms with Gasteiger partial charge in [-0.15, -0.1) is 0 Å². The highest BCUT2D eigenvalue weighted by Crippen LogP contribution is 2.36. The molecule has 0 saturated heterocycles. The predicted molar refractivity (Wildman–Crippen MR) is 72.1 cm³/mol. The largest absolute Gasteiger partial charge is 0.481 e. The molecule has 0 spiro atoms. The molecule has 1 aromatic carbocycles. The minimum atomic E-state index is -0.900. The number of fused-ring (bicyclic) bond motifs is 1. The number of rotatable bonds is 4. The molecule has 0 fully saturated rings. The summed E-state index contributed by atoms with van der Waals surface area (Å²) in [5.41, 5.74) is 7.19. The van der Waals surface area contributed by atoms with E-state index in [4.69, 9.17) is 5.73 Å². The molecule has 2 atom stereocenters. The number of carbonyl (C=O) groups excluding carboxylic acids is 1. The third-order valence-electron chi connectivity index (χ3n) is 3.53. The molecule has 5 nitrogen and oxygen atoms in total. The number of hydrogen-bond donors (Lipinski definition) is 2. The SMILES string of the molecule is CCC(N)CC(=O)N1CC(C(=O)O)c2ccccc21. The maximum Gasteiger partial charge on any atom is 0.312 e. The third kappa shape index (κ3) is 2.61. The highest BCUT2D eigenvalue weighted by atomic mass is 16.4. The molecule has 0 saturated carbocycles. The number of carboxylic acid groups (broad SMARTS) is 1. The van der Waals surface area contributed by atoms with Crippen LogP contribution in [0.25, 0.3) is 0 Å². The molecule has 1 aliphatic rings. The first-order chi connectivity index (χ1) is 9.04. The number of carboxylic acids is 1. The van der Waals surface area contributed by atoms with E-state index in [2.05, 4.69) is 0 Å². The van der Waals surface area contributed by atoms with E-state index in [-0.39, 0.29) is 24.9 Å². The lowest BCUT2D eigenvalue weighted by atomic mass is 10.0. The Morgan fingerprint density at radius 3 is 2.79 bits per heavy atom. The van der Waals surface area contributed by atoms with Crippen molar-refractivity contribution in [3.63, 3.8) is 0 Å². The van der Waals surface area contributed by atoms with Gasteiger partial charge in [0.1, 0.15) is 5.92 Å². The van der Waals surface area contributed by atoms with Crippen LogP contribution in [0.5, 0.6) is 0 Å². The van der Waals surface area contributed by atoms with E-state index in [0.29, 0.717) is 11.3 Å². The van der Waals surface area contributed by atoms with Crippen molar-refractivity contribution in [2.45, 2.75) is 31.7 Å². The molecule has 19 heavy (non-hydrogen) atoms. The maximum absolute atomic E-state index is 12.2. The zero-order valence-corrected chi connectivity index (χ0v) is 10.9. The summed E-state index contributed by atoms with van der Waals surface area (Å²) in [6.07, 6.45) is 0.973. The van der Waals surface area contributed by atoms with Gasteiger partial charge in [0.2, 0.25) is 5.91 Å². The number of amides is 1. The Labute approximate surface area is 112 Å². The Balaban J connectivity index is 2.25. The Kier molecular flexibility index (Phi) is 3.85. The summed E-state index contributed by atoms with van der Waals surface area (Å²) in [5.74, 6) is -1.65. The topological polar surface area (TPSA) is 83.6 Å². The van der Waals surface area contributed by atoms with E-state index in [1.807, 2.05) is 13.0 Å². The molecule has 0 aromatic heterocycles. The predicted octanol–water partition coefficient (Wildman–Crippen LogP) is 1.33. The van der Waals surface area contributed by atoms with Crippen molar-refractivity contribution in [3.05, 3.63) is 29.8 Å². The van der Waals surface area contributed by atoms with E-state index < -0.39 is 11.9 Å². The first kappa shape index (κ1) is 13.5. The standard InChI is InChI=1S/C14H18N2O3/c1-2-9(15)7-13(17)16-8-11(14(18)19)10-5-3-4-6-12(10)16/h3-6,9,11H,2,7-8,15H2,1H3,(H,18,19). The molecule has 2 unspecified atom stereocenters. The number of carbonyl (C=O) groups is 2. The molecule has 3 N–H and O–H groups in total. The number of para-hydroxylation sites is 1. The Bertz CT molecular complexity index is 501. The lowest BCUT2D eigenvalue weighted by Gasteiger charge is -2.19. The summed E-state index contributed by atoms with van der Waals surface area (Å²) in [5, 5.41) is 9.22. The fraction of sp³-hybridized carbons (Fsp3) is 0.429. The third-order valence-corrected chi connectivity index (χ3v) is 3.53. The van der Waals surface area contributed by atoms with Gasteiger partial charge in [-0.2, -0.15) is 0 Å². The van der Waals surface area contributed by atoms with Gasteiger partial charge >= 0.3 is 5.97 Å². The smallest absolute Gasteiger partial charge is 0.312 e. The van der Waals surface area contributed by atoms with Crippen molar-refractivity contribution in [3.8, 4) is 0 Å². The number of nitrogens with zero attached hydrogens (tertiary/aromatic N) is 1. The van der Waals surface area contributed by atoms with Crippen molar-refractivity contribution < 1.29 is 14.7 Å². The molecule has 1 aliphatic heterocycles. The summed E-state index contributed by atoms with van der Waals surface area (Å²) < 4.78 is 0. The molecule has 0 radical (unpaired) electrons. The summed E-state index contributed by atoms with van der Waals surface area (Å²) in [4.78, 5) is 25.0. The van der Waals surface area contributed by atoms with Crippen LogP contribution in [-0.2, 0) is 9.59 Å². The monoisotopic (exact) mass is 262 g/mol. The lowest BCUT2D eigenvalue weighted by molar-refractivity contribution is -0.138. The van der Waals surface area contributed by atoms with Crippen molar-refractivity contribution in [1.82, 2.24) is 0 Å². The first-order valence-corrected chi connectivity index (χ1v) is 6.42. The molecule has 5 heteroatoms. The maximum atomic E-state index is 12.2. The zero-order valence-electron chi connectivity index (χ0n) is 10.9. The van der Waals surface area contributed by atoms with Gasteiger partial charge in [-0.05, 0) is 18.1 Å². The Morgan fingerprint density at radius 1 is 1.47 bits per heavy atom. The molecule has 102 valence electrons. The molecule has 0 aliphatic carbocycles. The van der Waals surface area contributed by atoms with E-state index in [1.165, 1.54) is 0 Å². The van der Waals surface area contributed by atoms with Crippen molar-refractivity contribution in [2.24, 2.45) is 5.73 Å². The molecule has 1 heterocycles. The molecule has 2 rings (SSSR count). The minimum Gasteiger partial charge on any atom is -0.481 e. The highest BCUT2D eigenvalue weighted by molar-refractivity contribution is 5.99. The van der Waals surface area contributed by atoms with Gasteiger partial charge in [0.05, 0.1) is 0 Å². The fourth-order valence-corrected chi connectivity index (χ4v) is 2.33. The molecule has 1 amide bonds. The van der Waals surface area contributed by atoms with E-state index >= 15 is 0 Å². The second-order valence-corrected chi connectivity index (χ2v) is 4.83. The summed E-state index contributed by atoms with van der Waals surface area (Å²) >= 11 is 0. The fourth-order valence-electron chi connectivity index (χ4n) is 2.33. The van der Waals surface area contributed by atoms with Gasteiger partial charge in [0.15, 0.2) is 0 Å². The van der Waals surface area contributed by atoms with Crippen LogP contribution in [0, 0.1) is 0 Å². The molecular weight excluding hydrogens is 244 g/mol. The summed E-state index contributed by atoms with van der Waals surface area (Å²) in [6.45, 7) is 2.12.